The zero-order valence-corrected chi connectivity index (χ0v) is 13.0. The topological polar surface area (TPSA) is 26.3 Å². The van der Waals surface area contributed by atoms with E-state index in [9.17, 15) is 4.79 Å². The average Bonchev–Trinajstić information content (AvgIpc) is 2.14. The Kier molecular flexibility index (Phi) is 9.09. The van der Waals surface area contributed by atoms with E-state index in [-0.39, 0.29) is 50.0 Å². The molecule has 0 aliphatic heterocycles. The fraction of sp³-hybridized carbons (Fsp3) is 0.250. The van der Waals surface area contributed by atoms with Crippen LogP contribution in [0.1, 0.15) is 16.7 Å². The number of aryl methyl sites for hydroxylation is 2. The van der Waals surface area contributed by atoms with Crippen LogP contribution in [0.4, 0.5) is 0 Å². The van der Waals surface area contributed by atoms with E-state index in [4.69, 9.17) is 6.58 Å². The Morgan fingerprint density at radius 2 is 1.62 bits per heavy atom. The van der Waals surface area contributed by atoms with Gasteiger partial charge >= 0.3 is 5.97 Å². The van der Waals surface area contributed by atoms with Crippen LogP contribution >= 0.6 is 0 Å². The second-order valence-electron chi connectivity index (χ2n) is 3.28. The van der Waals surface area contributed by atoms with Crippen molar-refractivity contribution < 1.29 is 53.9 Å². The fourth-order valence-corrected chi connectivity index (χ4v) is 1.36. The molecule has 0 N–H and O–H groups in total. The van der Waals surface area contributed by atoms with Gasteiger partial charge in [-0.3, -0.25) is 0 Å². The van der Waals surface area contributed by atoms with E-state index >= 15 is 0 Å². The minimum absolute atomic E-state index is 0. The summed E-state index contributed by atoms with van der Waals surface area (Å²) in [5.74, 6) is -0.491. The van der Waals surface area contributed by atoms with Gasteiger partial charge in [-0.15, -0.1) is 0 Å². The first-order valence-electron chi connectivity index (χ1n) is 4.34. The number of methoxy groups -OCH3 is 1. The molecule has 1 aromatic rings. The summed E-state index contributed by atoms with van der Waals surface area (Å²) in [6, 6.07) is 5.74. The number of ether oxygens (including phenoxy) is 1. The van der Waals surface area contributed by atoms with Gasteiger partial charge in [0.2, 0.25) is 0 Å². The molecule has 0 saturated heterocycles. The molecule has 0 fully saturated rings. The number of rotatable bonds is 2. The predicted octanol–water partition coefficient (Wildman–Crippen LogP) is -0.706. The summed E-state index contributed by atoms with van der Waals surface area (Å²) in [5, 5.41) is 0. The number of esters is 1. The van der Waals surface area contributed by atoms with E-state index < -0.39 is 5.97 Å². The molecule has 4 heteroatoms. The SMILES string of the molecule is [CH]=C(C(=O)OC)c1cc(C)cc(C)c1.[I-].[Pd]. The number of carbonyl (C=O) groups excluding carboxylic acids is 1. The van der Waals surface area contributed by atoms with Gasteiger partial charge < -0.3 is 28.7 Å². The van der Waals surface area contributed by atoms with Crippen LogP contribution in [-0.4, -0.2) is 13.1 Å². The number of carbonyl (C=O) groups is 1. The van der Waals surface area contributed by atoms with E-state index in [2.05, 4.69) is 4.74 Å². The largest absolute Gasteiger partial charge is 1.00 e. The first-order valence-corrected chi connectivity index (χ1v) is 4.34. The van der Waals surface area contributed by atoms with Crippen LogP contribution in [0, 0.1) is 20.4 Å². The van der Waals surface area contributed by atoms with E-state index in [1.165, 1.54) is 7.11 Å². The van der Waals surface area contributed by atoms with Crippen molar-refractivity contribution in [2.45, 2.75) is 13.8 Å². The van der Waals surface area contributed by atoms with Crippen LogP contribution in [0.5, 0.6) is 0 Å². The van der Waals surface area contributed by atoms with Crippen LogP contribution < -0.4 is 24.0 Å². The van der Waals surface area contributed by atoms with Crippen molar-refractivity contribution in [3.8, 4) is 0 Å². The van der Waals surface area contributed by atoms with Gasteiger partial charge in [-0.25, -0.2) is 4.79 Å². The summed E-state index contributed by atoms with van der Waals surface area (Å²) in [6.45, 7) is 9.55. The molecule has 1 rings (SSSR count). The first kappa shape index (κ1) is 18.2. The van der Waals surface area contributed by atoms with E-state index in [1.807, 2.05) is 32.0 Å². The van der Waals surface area contributed by atoms with Gasteiger partial charge in [-0.1, -0.05) is 29.3 Å². The van der Waals surface area contributed by atoms with E-state index in [0.29, 0.717) is 5.56 Å². The molecule has 1 radical (unpaired) electrons. The monoisotopic (exact) mass is 422 g/mol. The molecular weight excluding hydrogens is 409 g/mol. The molecule has 0 bridgehead atoms. The van der Waals surface area contributed by atoms with Crippen LogP contribution in [0.15, 0.2) is 18.2 Å². The van der Waals surface area contributed by atoms with Crippen LogP contribution in [-0.2, 0) is 30.0 Å². The Hall–Kier alpha value is -0.178. The molecule has 0 amide bonds. The minimum atomic E-state index is -0.491. The normalized spacial score (nSPS) is 8.44. The number of halogens is 1. The summed E-state index contributed by atoms with van der Waals surface area (Å²) in [6.07, 6.45) is 0. The van der Waals surface area contributed by atoms with Crippen molar-refractivity contribution in [2.75, 3.05) is 7.11 Å². The van der Waals surface area contributed by atoms with Crippen LogP contribution in [0.3, 0.4) is 0 Å². The summed E-state index contributed by atoms with van der Waals surface area (Å²) in [7, 11) is 1.32. The molecule has 16 heavy (non-hydrogen) atoms. The summed E-state index contributed by atoms with van der Waals surface area (Å²) in [5.41, 5.74) is 3.02. The quantitative estimate of drug-likeness (QED) is 0.273. The van der Waals surface area contributed by atoms with Crippen LogP contribution in [0.25, 0.3) is 5.57 Å². The molecular formula is C12H13IO2Pd-. The maximum Gasteiger partial charge on any atom is 0.338 e. The summed E-state index contributed by atoms with van der Waals surface area (Å²) >= 11 is 0. The van der Waals surface area contributed by atoms with Crippen LogP contribution in [0.2, 0.25) is 0 Å². The van der Waals surface area contributed by atoms with Crippen molar-refractivity contribution in [3.63, 3.8) is 0 Å². The second-order valence-corrected chi connectivity index (χ2v) is 3.28. The van der Waals surface area contributed by atoms with Crippen molar-refractivity contribution in [1.82, 2.24) is 0 Å². The molecule has 0 spiro atoms. The molecule has 0 heterocycles. The van der Waals surface area contributed by atoms with Gasteiger partial charge in [-0.05, 0) is 26.0 Å². The van der Waals surface area contributed by atoms with E-state index in [0.717, 1.165) is 11.1 Å². The van der Waals surface area contributed by atoms with E-state index in [1.54, 1.807) is 0 Å². The third kappa shape index (κ3) is 4.77. The Morgan fingerprint density at radius 3 is 2.00 bits per heavy atom. The second kappa shape index (κ2) is 7.99. The molecule has 0 unspecified atom stereocenters. The number of hydrogen-bond acceptors (Lipinski definition) is 2. The Morgan fingerprint density at radius 1 is 1.19 bits per heavy atom. The van der Waals surface area contributed by atoms with Gasteiger partial charge in [0, 0.05) is 20.4 Å². The molecule has 0 aromatic heterocycles. The summed E-state index contributed by atoms with van der Waals surface area (Å²) < 4.78 is 4.55. The van der Waals surface area contributed by atoms with Gasteiger partial charge in [0.15, 0.2) is 0 Å². The molecule has 0 aliphatic carbocycles. The van der Waals surface area contributed by atoms with Gasteiger partial charge in [-0.2, -0.15) is 0 Å². The number of hydrogen-bond donors (Lipinski definition) is 0. The Balaban J connectivity index is 0. The predicted molar refractivity (Wildman–Crippen MR) is 55.6 cm³/mol. The smallest absolute Gasteiger partial charge is 0.338 e. The molecule has 0 aliphatic rings. The zero-order chi connectivity index (χ0) is 10.7. The zero-order valence-electron chi connectivity index (χ0n) is 9.32. The van der Waals surface area contributed by atoms with Crippen molar-refractivity contribution in [2.24, 2.45) is 0 Å². The maximum atomic E-state index is 11.2. The van der Waals surface area contributed by atoms with Crippen molar-refractivity contribution >= 4 is 11.5 Å². The van der Waals surface area contributed by atoms with Gasteiger partial charge in [0.25, 0.3) is 0 Å². The van der Waals surface area contributed by atoms with Crippen molar-refractivity contribution in [1.29, 1.82) is 0 Å². The van der Waals surface area contributed by atoms with Crippen molar-refractivity contribution in [3.05, 3.63) is 41.5 Å². The minimum Gasteiger partial charge on any atom is -1.00 e. The third-order valence-corrected chi connectivity index (χ3v) is 1.94. The molecule has 0 saturated carbocycles. The molecule has 0 atom stereocenters. The maximum absolute atomic E-state index is 11.2. The Bertz CT molecular complexity index is 368. The molecule has 1 aromatic carbocycles. The number of benzene rings is 1. The third-order valence-electron chi connectivity index (χ3n) is 1.94. The fourth-order valence-electron chi connectivity index (χ4n) is 1.36. The Labute approximate surface area is 127 Å². The van der Waals surface area contributed by atoms with Gasteiger partial charge in [0.05, 0.1) is 12.7 Å². The molecule has 2 nitrogen and oxygen atoms in total. The first-order chi connectivity index (χ1) is 6.54. The molecule has 91 valence electrons. The van der Waals surface area contributed by atoms with Gasteiger partial charge in [0.1, 0.15) is 0 Å². The average molecular weight is 423 g/mol. The summed E-state index contributed by atoms with van der Waals surface area (Å²) in [4.78, 5) is 11.2. The standard InChI is InChI=1S/C12H13O2.HI.Pd/c1-8-5-9(2)7-11(6-8)10(3)12(13)14-4;;/h3,5-7H,1-2,4H3;1H;/p-1.